The largest absolute Gasteiger partial charge is 0.487 e. The van der Waals surface area contributed by atoms with E-state index in [1.165, 1.54) is 4.88 Å². The van der Waals surface area contributed by atoms with E-state index in [2.05, 4.69) is 5.16 Å². The van der Waals surface area contributed by atoms with Crippen LogP contribution in [-0.2, 0) is 6.61 Å². The molecule has 2 rings (SSSR count). The average Bonchev–Trinajstić information content (AvgIpc) is 2.88. The van der Waals surface area contributed by atoms with Gasteiger partial charge in [0.05, 0.1) is 5.71 Å². The molecule has 0 spiro atoms. The van der Waals surface area contributed by atoms with Gasteiger partial charge in [-0.2, -0.15) is 0 Å². The standard InChI is InChI=1S/C14H15NO2S/c1-10-5-6-13(11(2)15-16)14(8-10)17-9-12-4-3-7-18-12/h3-8,16H,9H2,1-2H3. The number of thiophene rings is 1. The van der Waals surface area contributed by atoms with Gasteiger partial charge in [0.25, 0.3) is 0 Å². The quantitative estimate of drug-likeness (QED) is 0.516. The van der Waals surface area contributed by atoms with Crippen LogP contribution in [0.25, 0.3) is 0 Å². The minimum Gasteiger partial charge on any atom is -0.487 e. The zero-order chi connectivity index (χ0) is 13.0. The predicted molar refractivity (Wildman–Crippen MR) is 73.8 cm³/mol. The summed E-state index contributed by atoms with van der Waals surface area (Å²) in [5.41, 5.74) is 2.49. The van der Waals surface area contributed by atoms with Crippen LogP contribution in [0, 0.1) is 6.92 Å². The third-order valence-corrected chi connectivity index (χ3v) is 3.48. The van der Waals surface area contributed by atoms with Crippen LogP contribution in [-0.4, -0.2) is 10.9 Å². The smallest absolute Gasteiger partial charge is 0.129 e. The third kappa shape index (κ3) is 2.90. The van der Waals surface area contributed by atoms with Gasteiger partial charge in [0.15, 0.2) is 0 Å². The summed E-state index contributed by atoms with van der Waals surface area (Å²) in [7, 11) is 0. The molecule has 0 amide bonds. The minimum absolute atomic E-state index is 0.535. The Bertz CT molecular complexity index is 547. The molecule has 0 aliphatic rings. The number of hydrogen-bond donors (Lipinski definition) is 1. The topological polar surface area (TPSA) is 41.8 Å². The first kappa shape index (κ1) is 12.6. The Labute approximate surface area is 110 Å². The van der Waals surface area contributed by atoms with Crippen LogP contribution in [0.5, 0.6) is 5.75 Å². The molecule has 4 heteroatoms. The Hall–Kier alpha value is -1.81. The molecule has 1 heterocycles. The number of benzene rings is 1. The molecule has 0 radical (unpaired) electrons. The van der Waals surface area contributed by atoms with Crippen LogP contribution in [0.3, 0.4) is 0 Å². The SMILES string of the molecule is CC(=NO)c1ccc(C)cc1OCc1cccs1. The van der Waals surface area contributed by atoms with E-state index in [4.69, 9.17) is 9.94 Å². The molecule has 2 aromatic rings. The first-order valence-corrected chi connectivity index (χ1v) is 6.53. The fourth-order valence-electron chi connectivity index (χ4n) is 1.65. The van der Waals surface area contributed by atoms with Crippen molar-refractivity contribution in [3.8, 4) is 5.75 Å². The number of hydrogen-bond acceptors (Lipinski definition) is 4. The lowest BCUT2D eigenvalue weighted by molar-refractivity contribution is 0.306. The minimum atomic E-state index is 0.535. The molecular formula is C14H15NO2S. The molecule has 0 unspecified atom stereocenters. The van der Waals surface area contributed by atoms with Gasteiger partial charge in [-0.05, 0) is 43.0 Å². The van der Waals surface area contributed by atoms with E-state index in [1.807, 2.05) is 42.6 Å². The molecule has 0 fully saturated rings. The summed E-state index contributed by atoms with van der Waals surface area (Å²) < 4.78 is 5.80. The van der Waals surface area contributed by atoms with Crippen molar-refractivity contribution in [2.75, 3.05) is 0 Å². The highest BCUT2D eigenvalue weighted by atomic mass is 32.1. The van der Waals surface area contributed by atoms with Gasteiger partial charge in [-0.15, -0.1) is 11.3 Å². The molecule has 0 aliphatic heterocycles. The molecule has 1 N–H and O–H groups in total. The summed E-state index contributed by atoms with van der Waals surface area (Å²) in [4.78, 5) is 1.17. The second kappa shape index (κ2) is 5.69. The molecule has 94 valence electrons. The van der Waals surface area contributed by atoms with E-state index in [-0.39, 0.29) is 0 Å². The van der Waals surface area contributed by atoms with Crippen LogP contribution in [0.1, 0.15) is 22.9 Å². The van der Waals surface area contributed by atoms with E-state index in [9.17, 15) is 0 Å². The fraction of sp³-hybridized carbons (Fsp3) is 0.214. The first-order valence-electron chi connectivity index (χ1n) is 5.65. The van der Waals surface area contributed by atoms with Gasteiger partial charge < -0.3 is 9.94 Å². The first-order chi connectivity index (χ1) is 8.70. The normalized spacial score (nSPS) is 11.6. The Morgan fingerprint density at radius 2 is 2.22 bits per heavy atom. The number of oxime groups is 1. The summed E-state index contributed by atoms with van der Waals surface area (Å²) in [6.45, 7) is 4.29. The number of aryl methyl sites for hydroxylation is 1. The molecule has 0 saturated carbocycles. The fourth-order valence-corrected chi connectivity index (χ4v) is 2.26. The number of rotatable bonds is 4. The molecule has 18 heavy (non-hydrogen) atoms. The van der Waals surface area contributed by atoms with Crippen LogP contribution in [0.4, 0.5) is 0 Å². The zero-order valence-electron chi connectivity index (χ0n) is 10.4. The van der Waals surface area contributed by atoms with Gasteiger partial charge in [0, 0.05) is 10.4 Å². The lowest BCUT2D eigenvalue weighted by Crippen LogP contribution is -2.02. The molecule has 0 saturated heterocycles. The summed E-state index contributed by atoms with van der Waals surface area (Å²) in [5, 5.41) is 14.1. The maximum Gasteiger partial charge on any atom is 0.129 e. The van der Waals surface area contributed by atoms with Crippen molar-refractivity contribution in [2.45, 2.75) is 20.5 Å². The van der Waals surface area contributed by atoms with Gasteiger partial charge in [0.1, 0.15) is 12.4 Å². The van der Waals surface area contributed by atoms with E-state index in [0.717, 1.165) is 16.9 Å². The molecule has 0 aliphatic carbocycles. The average molecular weight is 261 g/mol. The Morgan fingerprint density at radius 1 is 1.39 bits per heavy atom. The lowest BCUT2D eigenvalue weighted by Gasteiger charge is -2.11. The van der Waals surface area contributed by atoms with Crippen LogP contribution >= 0.6 is 11.3 Å². The maximum atomic E-state index is 8.87. The Morgan fingerprint density at radius 3 is 2.89 bits per heavy atom. The Balaban J connectivity index is 2.22. The summed E-state index contributed by atoms with van der Waals surface area (Å²) in [6.07, 6.45) is 0. The highest BCUT2D eigenvalue weighted by molar-refractivity contribution is 7.09. The van der Waals surface area contributed by atoms with E-state index >= 15 is 0 Å². The van der Waals surface area contributed by atoms with Crippen molar-refractivity contribution < 1.29 is 9.94 Å². The third-order valence-electron chi connectivity index (χ3n) is 2.63. The molecule has 1 aromatic heterocycles. The maximum absolute atomic E-state index is 8.87. The second-order valence-electron chi connectivity index (χ2n) is 4.05. The predicted octanol–water partition coefficient (Wildman–Crippen LogP) is 3.83. The van der Waals surface area contributed by atoms with E-state index < -0.39 is 0 Å². The molecular weight excluding hydrogens is 246 g/mol. The van der Waals surface area contributed by atoms with Gasteiger partial charge >= 0.3 is 0 Å². The van der Waals surface area contributed by atoms with Crippen molar-refractivity contribution in [3.63, 3.8) is 0 Å². The van der Waals surface area contributed by atoms with Crippen LogP contribution in [0.15, 0.2) is 40.9 Å². The van der Waals surface area contributed by atoms with Gasteiger partial charge in [-0.3, -0.25) is 0 Å². The second-order valence-corrected chi connectivity index (χ2v) is 5.09. The van der Waals surface area contributed by atoms with E-state index in [0.29, 0.717) is 12.3 Å². The van der Waals surface area contributed by atoms with Gasteiger partial charge in [0.2, 0.25) is 0 Å². The Kier molecular flexibility index (Phi) is 3.99. The zero-order valence-corrected chi connectivity index (χ0v) is 11.2. The summed E-state index contributed by atoms with van der Waals surface area (Å²) >= 11 is 1.66. The highest BCUT2D eigenvalue weighted by Crippen LogP contribution is 2.23. The van der Waals surface area contributed by atoms with E-state index in [1.54, 1.807) is 18.3 Å². The van der Waals surface area contributed by atoms with Crippen molar-refractivity contribution in [2.24, 2.45) is 5.16 Å². The highest BCUT2D eigenvalue weighted by Gasteiger charge is 2.08. The number of ether oxygens (including phenoxy) is 1. The molecule has 3 nitrogen and oxygen atoms in total. The van der Waals surface area contributed by atoms with Gasteiger partial charge in [-0.1, -0.05) is 17.3 Å². The summed E-state index contributed by atoms with van der Waals surface area (Å²) in [5.74, 6) is 0.749. The van der Waals surface area contributed by atoms with Crippen molar-refractivity contribution in [1.29, 1.82) is 0 Å². The van der Waals surface area contributed by atoms with Crippen LogP contribution in [0.2, 0.25) is 0 Å². The summed E-state index contributed by atoms with van der Waals surface area (Å²) in [6, 6.07) is 9.88. The van der Waals surface area contributed by atoms with Crippen molar-refractivity contribution >= 4 is 17.0 Å². The van der Waals surface area contributed by atoms with Crippen molar-refractivity contribution in [1.82, 2.24) is 0 Å². The molecule has 1 aromatic carbocycles. The monoisotopic (exact) mass is 261 g/mol. The lowest BCUT2D eigenvalue weighted by atomic mass is 10.1. The van der Waals surface area contributed by atoms with Gasteiger partial charge in [-0.25, -0.2) is 0 Å². The molecule has 0 atom stereocenters. The molecule has 0 bridgehead atoms. The van der Waals surface area contributed by atoms with Crippen molar-refractivity contribution in [3.05, 3.63) is 51.7 Å². The van der Waals surface area contributed by atoms with Crippen LogP contribution < -0.4 is 4.74 Å². The number of nitrogens with zero attached hydrogens (tertiary/aromatic N) is 1.